The van der Waals surface area contributed by atoms with Crippen LogP contribution in [0, 0.1) is 0 Å². The summed E-state index contributed by atoms with van der Waals surface area (Å²) in [5.41, 5.74) is 7.73. The predicted octanol–water partition coefficient (Wildman–Crippen LogP) is 2.65. The summed E-state index contributed by atoms with van der Waals surface area (Å²) in [7, 11) is 1.78. The fraction of sp³-hybridized carbons (Fsp3) is 0.500. The number of nitrogens with two attached hydrogens (primary N) is 1. The highest BCUT2D eigenvalue weighted by Gasteiger charge is 2.20. The largest absolute Gasteiger partial charge is 0.399 e. The van der Waals surface area contributed by atoms with Gasteiger partial charge in [-0.25, -0.2) is 0 Å². The quantitative estimate of drug-likeness (QED) is 0.849. The minimum absolute atomic E-state index is 0.346. The molecule has 0 aliphatic carbocycles. The summed E-state index contributed by atoms with van der Waals surface area (Å²) in [5.74, 6) is 0. The number of ether oxygens (including phenoxy) is 1. The molecule has 1 aromatic rings. The van der Waals surface area contributed by atoms with Crippen molar-refractivity contribution in [2.24, 2.45) is 0 Å². The molecule has 1 fully saturated rings. The van der Waals surface area contributed by atoms with Crippen LogP contribution in [0.2, 0.25) is 0 Å². The Bertz CT molecular complexity index is 370. The van der Waals surface area contributed by atoms with E-state index in [1.54, 1.807) is 7.11 Å². The first kappa shape index (κ1) is 11.7. The maximum Gasteiger partial charge on any atom is 0.0746 e. The van der Waals surface area contributed by atoms with Crippen LogP contribution in [0.1, 0.15) is 12.8 Å². The van der Waals surface area contributed by atoms with Crippen LogP contribution in [0.25, 0.3) is 0 Å². The van der Waals surface area contributed by atoms with E-state index in [9.17, 15) is 0 Å². The molecule has 88 valence electrons. The van der Waals surface area contributed by atoms with Gasteiger partial charge in [0, 0.05) is 30.4 Å². The fourth-order valence-corrected chi connectivity index (χ4v) is 2.78. The zero-order chi connectivity index (χ0) is 11.5. The third kappa shape index (κ3) is 2.50. The Morgan fingerprint density at radius 2 is 2.31 bits per heavy atom. The van der Waals surface area contributed by atoms with Gasteiger partial charge in [-0.15, -0.1) is 0 Å². The average molecular weight is 285 g/mol. The first-order chi connectivity index (χ1) is 7.70. The van der Waals surface area contributed by atoms with Gasteiger partial charge in [-0.3, -0.25) is 0 Å². The number of hydrogen-bond donors (Lipinski definition) is 1. The Balaban J connectivity index is 2.16. The van der Waals surface area contributed by atoms with Crippen LogP contribution in [-0.2, 0) is 4.74 Å². The molecular formula is C12H17BrN2O. The molecule has 1 aliphatic rings. The van der Waals surface area contributed by atoms with Crippen LogP contribution in [0.15, 0.2) is 22.7 Å². The number of benzene rings is 1. The lowest BCUT2D eigenvalue weighted by Gasteiger charge is -2.34. The van der Waals surface area contributed by atoms with E-state index >= 15 is 0 Å². The van der Waals surface area contributed by atoms with Gasteiger partial charge >= 0.3 is 0 Å². The van der Waals surface area contributed by atoms with Crippen molar-refractivity contribution in [3.05, 3.63) is 22.7 Å². The number of nitrogen functional groups attached to an aromatic ring is 1. The topological polar surface area (TPSA) is 38.5 Å². The maximum absolute atomic E-state index is 5.74. The lowest BCUT2D eigenvalue weighted by atomic mass is 10.1. The number of rotatable bonds is 2. The van der Waals surface area contributed by atoms with Gasteiger partial charge in [-0.1, -0.05) is 0 Å². The van der Waals surface area contributed by atoms with Crippen molar-refractivity contribution >= 4 is 27.3 Å². The van der Waals surface area contributed by atoms with Crippen molar-refractivity contribution in [2.75, 3.05) is 30.8 Å². The van der Waals surface area contributed by atoms with E-state index < -0.39 is 0 Å². The normalized spacial score (nSPS) is 21.1. The Labute approximate surface area is 105 Å². The maximum atomic E-state index is 5.74. The second-order valence-corrected chi connectivity index (χ2v) is 5.01. The van der Waals surface area contributed by atoms with Crippen LogP contribution in [0.5, 0.6) is 0 Å². The van der Waals surface area contributed by atoms with E-state index in [1.165, 1.54) is 12.1 Å². The van der Waals surface area contributed by atoms with E-state index in [4.69, 9.17) is 10.5 Å². The number of anilines is 2. The van der Waals surface area contributed by atoms with Crippen molar-refractivity contribution in [3.8, 4) is 0 Å². The molecule has 0 radical (unpaired) electrons. The monoisotopic (exact) mass is 284 g/mol. The molecule has 0 aromatic heterocycles. The van der Waals surface area contributed by atoms with Gasteiger partial charge in [0.1, 0.15) is 0 Å². The molecule has 16 heavy (non-hydrogen) atoms. The lowest BCUT2D eigenvalue weighted by molar-refractivity contribution is 0.0893. The first-order valence-corrected chi connectivity index (χ1v) is 6.33. The highest BCUT2D eigenvalue weighted by Crippen LogP contribution is 2.30. The Morgan fingerprint density at radius 3 is 3.00 bits per heavy atom. The molecule has 0 saturated carbocycles. The zero-order valence-electron chi connectivity index (χ0n) is 9.45. The third-order valence-corrected chi connectivity index (χ3v) is 3.66. The second kappa shape index (κ2) is 5.06. The highest BCUT2D eigenvalue weighted by molar-refractivity contribution is 9.10. The van der Waals surface area contributed by atoms with Gasteiger partial charge in [-0.05, 0) is 47.0 Å². The molecule has 1 unspecified atom stereocenters. The summed E-state index contributed by atoms with van der Waals surface area (Å²) in [6, 6.07) is 5.96. The van der Waals surface area contributed by atoms with Crippen molar-refractivity contribution in [1.29, 1.82) is 0 Å². The number of piperidine rings is 1. The fourth-order valence-electron chi connectivity index (χ4n) is 2.13. The molecule has 1 aromatic carbocycles. The molecule has 1 heterocycles. The van der Waals surface area contributed by atoms with Crippen LogP contribution >= 0.6 is 15.9 Å². The van der Waals surface area contributed by atoms with Crippen LogP contribution in [0.3, 0.4) is 0 Å². The van der Waals surface area contributed by atoms with E-state index in [1.807, 2.05) is 12.1 Å². The van der Waals surface area contributed by atoms with Crippen LogP contribution < -0.4 is 10.6 Å². The molecule has 2 N–H and O–H groups in total. The number of hydrogen-bond acceptors (Lipinski definition) is 3. The van der Waals surface area contributed by atoms with Gasteiger partial charge in [0.15, 0.2) is 0 Å². The smallest absolute Gasteiger partial charge is 0.0746 e. The van der Waals surface area contributed by atoms with Crippen LogP contribution in [0.4, 0.5) is 11.4 Å². The van der Waals surface area contributed by atoms with Crippen molar-refractivity contribution in [3.63, 3.8) is 0 Å². The average Bonchev–Trinajstić information content (AvgIpc) is 2.29. The summed E-state index contributed by atoms with van der Waals surface area (Å²) in [5, 5.41) is 0. The Kier molecular flexibility index (Phi) is 3.71. The molecule has 0 amide bonds. The van der Waals surface area contributed by atoms with Crippen molar-refractivity contribution < 1.29 is 4.74 Å². The van der Waals surface area contributed by atoms with Crippen molar-refractivity contribution in [1.82, 2.24) is 0 Å². The minimum atomic E-state index is 0.346. The SMILES string of the molecule is COC1CCCN(c2ccc(N)cc2Br)C1. The van der Waals surface area contributed by atoms with E-state index in [2.05, 4.69) is 26.9 Å². The second-order valence-electron chi connectivity index (χ2n) is 4.16. The number of halogens is 1. The lowest BCUT2D eigenvalue weighted by Crippen LogP contribution is -2.39. The van der Waals surface area contributed by atoms with E-state index in [0.717, 1.165) is 29.7 Å². The molecule has 1 aliphatic heterocycles. The molecule has 4 heteroatoms. The summed E-state index contributed by atoms with van der Waals surface area (Å²) in [6.45, 7) is 2.04. The Morgan fingerprint density at radius 1 is 1.50 bits per heavy atom. The minimum Gasteiger partial charge on any atom is -0.399 e. The predicted molar refractivity (Wildman–Crippen MR) is 70.8 cm³/mol. The summed E-state index contributed by atoms with van der Waals surface area (Å²) in [4.78, 5) is 2.35. The van der Waals surface area contributed by atoms with Gasteiger partial charge in [0.2, 0.25) is 0 Å². The third-order valence-electron chi connectivity index (χ3n) is 3.02. The van der Waals surface area contributed by atoms with Crippen molar-refractivity contribution in [2.45, 2.75) is 18.9 Å². The van der Waals surface area contributed by atoms with Gasteiger partial charge in [-0.2, -0.15) is 0 Å². The number of nitrogens with zero attached hydrogens (tertiary/aromatic N) is 1. The highest BCUT2D eigenvalue weighted by atomic mass is 79.9. The molecular weight excluding hydrogens is 268 g/mol. The zero-order valence-corrected chi connectivity index (χ0v) is 11.0. The van der Waals surface area contributed by atoms with E-state index in [-0.39, 0.29) is 0 Å². The van der Waals surface area contributed by atoms with Gasteiger partial charge in [0.05, 0.1) is 11.8 Å². The molecule has 0 bridgehead atoms. The Hall–Kier alpha value is -0.740. The van der Waals surface area contributed by atoms with Gasteiger partial charge in [0.25, 0.3) is 0 Å². The molecule has 1 atom stereocenters. The standard InChI is InChI=1S/C12H17BrN2O/c1-16-10-3-2-6-15(8-10)12-5-4-9(14)7-11(12)13/h4-5,7,10H,2-3,6,8,14H2,1H3. The van der Waals surface area contributed by atoms with Gasteiger partial charge < -0.3 is 15.4 Å². The number of methoxy groups -OCH3 is 1. The molecule has 0 spiro atoms. The first-order valence-electron chi connectivity index (χ1n) is 5.53. The summed E-state index contributed by atoms with van der Waals surface area (Å²) < 4.78 is 6.48. The molecule has 2 rings (SSSR count). The molecule has 1 saturated heterocycles. The van der Waals surface area contributed by atoms with Crippen LogP contribution in [-0.4, -0.2) is 26.3 Å². The molecule has 3 nitrogen and oxygen atoms in total. The van der Waals surface area contributed by atoms with E-state index in [0.29, 0.717) is 6.10 Å². The summed E-state index contributed by atoms with van der Waals surface area (Å²) in [6.07, 6.45) is 2.67. The summed E-state index contributed by atoms with van der Waals surface area (Å²) >= 11 is 3.56.